The smallest absolute Gasteiger partial charge is 0.428 e. The maximum atomic E-state index is 14.9. The molecule has 0 aliphatic carbocycles. The Hall–Kier alpha value is -4.40. The van der Waals surface area contributed by atoms with Crippen molar-refractivity contribution in [1.82, 2.24) is 10.3 Å². The van der Waals surface area contributed by atoms with Crippen LogP contribution in [0, 0.1) is 23.3 Å². The lowest BCUT2D eigenvalue weighted by Gasteiger charge is -2.36. The van der Waals surface area contributed by atoms with E-state index in [1.807, 2.05) is 0 Å². The first kappa shape index (κ1) is 33.5. The molecule has 1 atom stereocenters. The van der Waals surface area contributed by atoms with Crippen LogP contribution in [0.5, 0.6) is 5.75 Å². The minimum atomic E-state index is -5.24. The van der Waals surface area contributed by atoms with Crippen LogP contribution in [0.15, 0.2) is 72.9 Å². The van der Waals surface area contributed by atoms with Crippen molar-refractivity contribution in [2.24, 2.45) is 0 Å². The van der Waals surface area contributed by atoms with Crippen LogP contribution in [-0.4, -0.2) is 23.4 Å². The summed E-state index contributed by atoms with van der Waals surface area (Å²) in [4.78, 5) is 17.6. The van der Waals surface area contributed by atoms with Gasteiger partial charge in [-0.15, -0.1) is 0 Å². The van der Waals surface area contributed by atoms with Crippen LogP contribution >= 0.6 is 11.6 Å². The number of hydrogen-bond acceptors (Lipinski definition) is 3. The largest absolute Gasteiger partial charge is 0.461 e. The highest BCUT2D eigenvalue weighted by molar-refractivity contribution is 6.30. The number of carbonyl (C=O) groups is 1. The van der Waals surface area contributed by atoms with Gasteiger partial charge in [0.25, 0.3) is 5.91 Å². The van der Waals surface area contributed by atoms with Crippen molar-refractivity contribution >= 4 is 17.5 Å². The molecule has 4 aromatic rings. The van der Waals surface area contributed by atoms with E-state index >= 15 is 0 Å². The molecule has 0 fully saturated rings. The van der Waals surface area contributed by atoms with Crippen LogP contribution in [0.25, 0.3) is 0 Å². The number of halogens is 12. The van der Waals surface area contributed by atoms with E-state index in [9.17, 15) is 53.1 Å². The second-order valence-electron chi connectivity index (χ2n) is 9.48. The minimum absolute atomic E-state index is 0.00000288. The molecule has 1 N–H and O–H groups in total. The number of aromatic nitrogens is 1. The van der Waals surface area contributed by atoms with E-state index in [0.29, 0.717) is 42.5 Å². The number of amides is 1. The van der Waals surface area contributed by atoms with Crippen molar-refractivity contribution in [1.29, 1.82) is 0 Å². The monoisotopic (exact) mass is 668 g/mol. The quantitative estimate of drug-likeness (QED) is 0.182. The van der Waals surface area contributed by atoms with Crippen LogP contribution < -0.4 is 10.1 Å². The second kappa shape index (κ2) is 12.5. The predicted octanol–water partition coefficient (Wildman–Crippen LogP) is 8.46. The lowest BCUT2D eigenvalue weighted by atomic mass is 9.80. The highest BCUT2D eigenvalue weighted by atomic mass is 35.5. The standard InChI is InChI=1S/C29H16ClF11N2O2/c30-17-3-6-24(42-13-17)27(12-14-1-4-22(33)23(34)7-14,16-9-18(31)11-19(10-16)45-29(40,41)26(35)36)43-25(44)15-2-5-21(32)20(8-15)28(37,38)39/h1-11,13,26H,12H2,(H,43,44)/t27-/m1/s1. The zero-order valence-electron chi connectivity index (χ0n) is 22.0. The summed E-state index contributed by atoms with van der Waals surface area (Å²) in [5, 5.41) is 2.31. The van der Waals surface area contributed by atoms with Crippen LogP contribution in [0.2, 0.25) is 5.02 Å². The van der Waals surface area contributed by atoms with E-state index < -0.39 is 82.3 Å². The van der Waals surface area contributed by atoms with Gasteiger partial charge in [-0.2, -0.15) is 30.7 Å². The van der Waals surface area contributed by atoms with E-state index in [1.165, 1.54) is 6.07 Å². The molecule has 238 valence electrons. The molecule has 0 radical (unpaired) electrons. The fourth-order valence-electron chi connectivity index (χ4n) is 4.32. The SMILES string of the molecule is O=C(N[C@](Cc1ccc(F)c(F)c1)(c1cc(F)cc(OC(F)(F)C(F)F)c1)c1ccc(Cl)cn1)c1ccc(F)c(C(F)(F)F)c1. The number of alkyl halides is 7. The number of benzene rings is 3. The third-order valence-electron chi connectivity index (χ3n) is 6.35. The molecule has 0 saturated heterocycles. The maximum Gasteiger partial charge on any atom is 0.461 e. The van der Waals surface area contributed by atoms with Gasteiger partial charge in [-0.3, -0.25) is 9.78 Å². The van der Waals surface area contributed by atoms with Gasteiger partial charge in [-0.05, 0) is 65.7 Å². The molecular formula is C29H16ClF11N2O2. The molecule has 0 saturated carbocycles. The Kier molecular flexibility index (Phi) is 9.33. The van der Waals surface area contributed by atoms with E-state index in [-0.39, 0.29) is 22.3 Å². The van der Waals surface area contributed by atoms with Crippen molar-refractivity contribution in [2.45, 2.75) is 30.7 Å². The van der Waals surface area contributed by atoms with Crippen LogP contribution in [0.1, 0.15) is 32.7 Å². The molecule has 0 aliphatic heterocycles. The fourth-order valence-corrected chi connectivity index (χ4v) is 4.44. The molecule has 0 unspecified atom stereocenters. The molecule has 4 nitrogen and oxygen atoms in total. The summed E-state index contributed by atoms with van der Waals surface area (Å²) in [5.74, 6) is -8.40. The van der Waals surface area contributed by atoms with Gasteiger partial charge < -0.3 is 10.1 Å². The zero-order valence-corrected chi connectivity index (χ0v) is 22.8. The summed E-state index contributed by atoms with van der Waals surface area (Å²) in [6.07, 6.45) is -14.5. The highest BCUT2D eigenvalue weighted by Crippen LogP contribution is 2.38. The summed E-state index contributed by atoms with van der Waals surface area (Å²) >= 11 is 5.92. The Labute approximate surface area is 251 Å². The first-order valence-corrected chi connectivity index (χ1v) is 12.7. The predicted molar refractivity (Wildman–Crippen MR) is 137 cm³/mol. The van der Waals surface area contributed by atoms with Crippen molar-refractivity contribution in [3.8, 4) is 5.75 Å². The molecule has 0 aliphatic rings. The molecule has 16 heteroatoms. The lowest BCUT2D eigenvalue weighted by molar-refractivity contribution is -0.253. The van der Waals surface area contributed by atoms with Crippen molar-refractivity contribution in [2.75, 3.05) is 0 Å². The third-order valence-corrected chi connectivity index (χ3v) is 6.57. The van der Waals surface area contributed by atoms with Crippen molar-refractivity contribution in [3.05, 3.63) is 129 Å². The Balaban J connectivity index is 1.99. The van der Waals surface area contributed by atoms with E-state index in [2.05, 4.69) is 15.0 Å². The molecular weight excluding hydrogens is 653 g/mol. The first-order valence-electron chi connectivity index (χ1n) is 12.3. The summed E-state index contributed by atoms with van der Waals surface area (Å²) in [6.45, 7) is 0. The molecule has 4 rings (SSSR count). The number of carbonyl (C=O) groups excluding carboxylic acids is 1. The van der Waals surface area contributed by atoms with E-state index in [1.54, 1.807) is 0 Å². The minimum Gasteiger partial charge on any atom is -0.428 e. The molecule has 1 amide bonds. The third kappa shape index (κ3) is 7.47. The van der Waals surface area contributed by atoms with Gasteiger partial charge in [0.1, 0.15) is 22.9 Å². The van der Waals surface area contributed by atoms with E-state index in [4.69, 9.17) is 11.6 Å². The molecule has 3 aromatic carbocycles. The maximum absolute atomic E-state index is 14.9. The van der Waals surface area contributed by atoms with Crippen LogP contribution in [0.3, 0.4) is 0 Å². The Bertz CT molecular complexity index is 1720. The van der Waals surface area contributed by atoms with Gasteiger partial charge in [-0.25, -0.2) is 17.6 Å². The second-order valence-corrected chi connectivity index (χ2v) is 9.92. The topological polar surface area (TPSA) is 51.2 Å². The normalized spacial score (nSPS) is 13.4. The van der Waals surface area contributed by atoms with Crippen LogP contribution in [-0.2, 0) is 18.1 Å². The van der Waals surface area contributed by atoms with Crippen molar-refractivity contribution < 1.29 is 57.8 Å². The average Bonchev–Trinajstić information content (AvgIpc) is 2.94. The molecule has 1 aromatic heterocycles. The van der Waals surface area contributed by atoms with Crippen LogP contribution in [0.4, 0.5) is 48.3 Å². The van der Waals surface area contributed by atoms with Gasteiger partial charge in [0, 0.05) is 24.2 Å². The zero-order chi connectivity index (χ0) is 33.3. The number of nitrogens with one attached hydrogen (secondary N) is 1. The summed E-state index contributed by atoms with van der Waals surface area (Å²) in [6, 6.07) is 7.33. The molecule has 0 bridgehead atoms. The number of nitrogens with zero attached hydrogens (tertiary/aromatic N) is 1. The average molecular weight is 669 g/mol. The van der Waals surface area contributed by atoms with E-state index in [0.717, 1.165) is 18.3 Å². The first-order chi connectivity index (χ1) is 20.9. The Morgan fingerprint density at radius 2 is 1.53 bits per heavy atom. The van der Waals surface area contributed by atoms with Gasteiger partial charge in [0.05, 0.1) is 16.3 Å². The van der Waals surface area contributed by atoms with Crippen molar-refractivity contribution in [3.63, 3.8) is 0 Å². The van der Waals surface area contributed by atoms with Gasteiger partial charge in [0.2, 0.25) is 0 Å². The lowest BCUT2D eigenvalue weighted by Crippen LogP contribution is -2.49. The summed E-state index contributed by atoms with van der Waals surface area (Å²) < 4.78 is 154. The number of ether oxygens (including phenoxy) is 1. The van der Waals surface area contributed by atoms with Gasteiger partial charge >= 0.3 is 18.7 Å². The Morgan fingerprint density at radius 1 is 0.844 bits per heavy atom. The summed E-state index contributed by atoms with van der Waals surface area (Å²) in [7, 11) is 0. The Morgan fingerprint density at radius 3 is 2.13 bits per heavy atom. The molecule has 45 heavy (non-hydrogen) atoms. The number of pyridine rings is 1. The summed E-state index contributed by atoms with van der Waals surface area (Å²) in [5.41, 5.74) is -6.07. The molecule has 1 heterocycles. The number of hydrogen-bond donors (Lipinski definition) is 1. The fraction of sp³-hybridized carbons (Fsp3) is 0.172. The van der Waals surface area contributed by atoms with Gasteiger partial charge in [-0.1, -0.05) is 17.7 Å². The molecule has 0 spiro atoms. The number of rotatable bonds is 9. The van der Waals surface area contributed by atoms with Gasteiger partial charge in [0.15, 0.2) is 11.6 Å². The highest BCUT2D eigenvalue weighted by Gasteiger charge is 2.45.